The fourth-order valence-electron chi connectivity index (χ4n) is 2.39. The van der Waals surface area contributed by atoms with Crippen LogP contribution in [0.2, 0.25) is 0 Å². The van der Waals surface area contributed by atoms with Gasteiger partial charge in [-0.25, -0.2) is 0 Å². The van der Waals surface area contributed by atoms with Crippen LogP contribution >= 0.6 is 0 Å². The van der Waals surface area contributed by atoms with Gasteiger partial charge in [-0.15, -0.1) is 6.58 Å². The van der Waals surface area contributed by atoms with Crippen LogP contribution in [-0.2, 0) is 47.4 Å². The van der Waals surface area contributed by atoms with Crippen LogP contribution < -0.4 is 0 Å². The summed E-state index contributed by atoms with van der Waals surface area (Å²) in [5.41, 5.74) is 0. The molecule has 0 saturated carbocycles. The summed E-state index contributed by atoms with van der Waals surface area (Å²) in [5, 5.41) is 0. The molecule has 0 heterocycles. The molecule has 0 unspecified atom stereocenters. The second-order valence-corrected chi connectivity index (χ2v) is 7.68. The summed E-state index contributed by atoms with van der Waals surface area (Å²) in [4.78, 5) is 2.08. The number of likely N-dealkylation sites (N-methyl/N-ethyl adjacent to an activating group) is 1. The summed E-state index contributed by atoms with van der Waals surface area (Å²) < 4.78 is 54.1. The third kappa shape index (κ3) is 33.3. The molecular weight excluding hydrogens is 474 g/mol. The Labute approximate surface area is 218 Å². The van der Waals surface area contributed by atoms with E-state index in [4.69, 9.17) is 47.4 Å². The molecule has 0 spiro atoms. The quantitative estimate of drug-likeness (QED) is 0.0926. The molecule has 0 saturated heterocycles. The van der Waals surface area contributed by atoms with Gasteiger partial charge in [0.15, 0.2) is 0 Å². The normalized spacial score (nSPS) is 11.5. The summed E-state index contributed by atoms with van der Waals surface area (Å²) in [5.74, 6) is 0. The largest absolute Gasteiger partial charge is 0.378 e. The summed E-state index contributed by atoms with van der Waals surface area (Å²) in [7, 11) is 4.04. The highest BCUT2D eigenvalue weighted by Gasteiger charge is 1.96. The highest BCUT2D eigenvalue weighted by molar-refractivity contribution is 4.63. The lowest BCUT2D eigenvalue weighted by Gasteiger charge is -2.10. The van der Waals surface area contributed by atoms with E-state index in [2.05, 4.69) is 11.5 Å². The minimum absolute atomic E-state index is 0.525. The lowest BCUT2D eigenvalue weighted by molar-refractivity contribution is -0.0262. The van der Waals surface area contributed by atoms with E-state index in [1.807, 2.05) is 14.1 Å². The number of hydrogen-bond donors (Lipinski definition) is 0. The van der Waals surface area contributed by atoms with E-state index >= 15 is 0 Å². The third-order valence-corrected chi connectivity index (χ3v) is 4.27. The first-order valence-electron chi connectivity index (χ1n) is 12.8. The van der Waals surface area contributed by atoms with E-state index in [-0.39, 0.29) is 0 Å². The van der Waals surface area contributed by atoms with Crippen molar-refractivity contribution >= 4 is 0 Å². The minimum atomic E-state index is 0.525. The zero-order valence-electron chi connectivity index (χ0n) is 22.7. The molecule has 0 aliphatic heterocycles. The predicted octanol–water partition coefficient (Wildman–Crippen LogP) is 0.900. The molecule has 0 fully saturated rings. The SMILES string of the molecule is C=CCOCCOCCOCCOCCOCCOCCOCCOCCOCCOCCN(C)C. The van der Waals surface area contributed by atoms with Gasteiger partial charge in [-0.1, -0.05) is 6.08 Å². The molecule has 0 aliphatic carbocycles. The molecule has 0 bridgehead atoms. The van der Waals surface area contributed by atoms with Crippen molar-refractivity contribution in [2.24, 2.45) is 0 Å². The van der Waals surface area contributed by atoms with Crippen LogP contribution in [0, 0.1) is 0 Å². The Bertz CT molecular complexity index is 418. The smallest absolute Gasteiger partial charge is 0.0704 e. The molecule has 36 heavy (non-hydrogen) atoms. The summed E-state index contributed by atoms with van der Waals surface area (Å²) in [6, 6.07) is 0. The van der Waals surface area contributed by atoms with Crippen molar-refractivity contribution in [3.8, 4) is 0 Å². The molecule has 0 N–H and O–H groups in total. The van der Waals surface area contributed by atoms with Gasteiger partial charge in [-0.2, -0.15) is 0 Å². The van der Waals surface area contributed by atoms with Gasteiger partial charge >= 0.3 is 0 Å². The predicted molar refractivity (Wildman–Crippen MR) is 137 cm³/mol. The van der Waals surface area contributed by atoms with E-state index in [0.717, 1.165) is 13.2 Å². The number of hydrogen-bond acceptors (Lipinski definition) is 11. The van der Waals surface area contributed by atoms with Crippen LogP contribution in [0.3, 0.4) is 0 Å². The second-order valence-electron chi connectivity index (χ2n) is 7.68. The first-order chi connectivity index (χ1) is 17.8. The zero-order valence-corrected chi connectivity index (χ0v) is 22.7. The van der Waals surface area contributed by atoms with Gasteiger partial charge in [0.2, 0.25) is 0 Å². The number of nitrogens with zero attached hydrogens (tertiary/aromatic N) is 1. The monoisotopic (exact) mass is 525 g/mol. The molecule has 0 radical (unpaired) electrons. The molecule has 0 atom stereocenters. The van der Waals surface area contributed by atoms with E-state index in [1.165, 1.54) is 0 Å². The van der Waals surface area contributed by atoms with Gasteiger partial charge in [0.1, 0.15) is 0 Å². The molecule has 11 nitrogen and oxygen atoms in total. The summed E-state index contributed by atoms with van der Waals surface area (Å²) in [6.07, 6.45) is 1.71. The van der Waals surface area contributed by atoms with Crippen molar-refractivity contribution in [1.29, 1.82) is 0 Å². The maximum Gasteiger partial charge on any atom is 0.0704 e. The molecular formula is C25H51NO10. The van der Waals surface area contributed by atoms with E-state index < -0.39 is 0 Å². The van der Waals surface area contributed by atoms with Crippen LogP contribution in [-0.4, -0.2) is 158 Å². The van der Waals surface area contributed by atoms with Crippen LogP contribution in [0.1, 0.15) is 0 Å². The first-order valence-corrected chi connectivity index (χ1v) is 12.8. The standard InChI is InChI=1S/C25H51NO10/c1-4-6-27-8-10-29-12-14-31-16-18-33-20-22-35-24-25-36-23-21-34-19-17-32-15-13-30-11-9-28-7-5-26(2)3/h4H,1,5-25H2,2-3H3. The maximum atomic E-state index is 5.46. The van der Waals surface area contributed by atoms with Crippen molar-refractivity contribution in [2.75, 3.05) is 153 Å². The van der Waals surface area contributed by atoms with Crippen molar-refractivity contribution in [3.63, 3.8) is 0 Å². The van der Waals surface area contributed by atoms with Crippen molar-refractivity contribution < 1.29 is 47.4 Å². The number of ether oxygens (including phenoxy) is 10. The van der Waals surface area contributed by atoms with E-state index in [0.29, 0.717) is 126 Å². The Hall–Kier alpha value is -0.700. The fraction of sp³-hybridized carbons (Fsp3) is 0.920. The topological polar surface area (TPSA) is 95.5 Å². The molecule has 0 aromatic rings. The lowest BCUT2D eigenvalue weighted by atomic mass is 10.6. The van der Waals surface area contributed by atoms with Gasteiger partial charge in [-0.3, -0.25) is 0 Å². The van der Waals surface area contributed by atoms with Gasteiger partial charge in [0.25, 0.3) is 0 Å². The lowest BCUT2D eigenvalue weighted by Crippen LogP contribution is -2.19. The Morgan fingerprint density at radius 3 is 0.833 bits per heavy atom. The average molecular weight is 526 g/mol. The fourth-order valence-corrected chi connectivity index (χ4v) is 2.39. The summed E-state index contributed by atoms with van der Waals surface area (Å²) in [6.45, 7) is 15.6. The van der Waals surface area contributed by atoms with Crippen molar-refractivity contribution in [1.82, 2.24) is 4.90 Å². The highest BCUT2D eigenvalue weighted by atomic mass is 16.6. The minimum Gasteiger partial charge on any atom is -0.378 e. The molecule has 0 aliphatic rings. The average Bonchev–Trinajstić information content (AvgIpc) is 2.87. The molecule has 0 rings (SSSR count). The zero-order chi connectivity index (χ0) is 26.2. The third-order valence-electron chi connectivity index (χ3n) is 4.27. The summed E-state index contributed by atoms with van der Waals surface area (Å²) >= 11 is 0. The maximum absolute atomic E-state index is 5.46. The van der Waals surface area contributed by atoms with Crippen LogP contribution in [0.5, 0.6) is 0 Å². The van der Waals surface area contributed by atoms with Crippen molar-refractivity contribution in [2.45, 2.75) is 0 Å². The first kappa shape index (κ1) is 35.3. The Morgan fingerprint density at radius 1 is 0.389 bits per heavy atom. The molecule has 0 aromatic carbocycles. The van der Waals surface area contributed by atoms with Gasteiger partial charge in [-0.05, 0) is 14.1 Å². The van der Waals surface area contributed by atoms with E-state index in [9.17, 15) is 0 Å². The highest BCUT2D eigenvalue weighted by Crippen LogP contribution is 1.87. The molecule has 0 aromatic heterocycles. The van der Waals surface area contributed by atoms with Gasteiger partial charge < -0.3 is 52.3 Å². The van der Waals surface area contributed by atoms with E-state index in [1.54, 1.807) is 6.08 Å². The second kappa shape index (κ2) is 32.3. The Morgan fingerprint density at radius 2 is 0.611 bits per heavy atom. The molecule has 216 valence electrons. The van der Waals surface area contributed by atoms with Crippen LogP contribution in [0.4, 0.5) is 0 Å². The molecule has 0 amide bonds. The van der Waals surface area contributed by atoms with Crippen LogP contribution in [0.15, 0.2) is 12.7 Å². The Balaban J connectivity index is 3.02. The number of rotatable bonds is 32. The van der Waals surface area contributed by atoms with Gasteiger partial charge in [0, 0.05) is 6.54 Å². The van der Waals surface area contributed by atoms with Crippen molar-refractivity contribution in [3.05, 3.63) is 12.7 Å². The Kier molecular flexibility index (Phi) is 31.7. The van der Waals surface area contributed by atoms with Crippen LogP contribution in [0.25, 0.3) is 0 Å². The van der Waals surface area contributed by atoms with Gasteiger partial charge in [0.05, 0.1) is 132 Å². The molecule has 11 heteroatoms.